The highest BCUT2D eigenvalue weighted by atomic mass is 16.2. The van der Waals surface area contributed by atoms with E-state index in [0.717, 1.165) is 0 Å². The maximum absolute atomic E-state index is 12.6. The maximum Gasteiger partial charge on any atom is 0.254 e. The lowest BCUT2D eigenvalue weighted by Gasteiger charge is -2.32. The first-order chi connectivity index (χ1) is 8.86. The summed E-state index contributed by atoms with van der Waals surface area (Å²) in [5, 5.41) is 2.86. The van der Waals surface area contributed by atoms with Gasteiger partial charge >= 0.3 is 0 Å². The molecule has 0 saturated carbocycles. The molecule has 0 saturated heterocycles. The van der Waals surface area contributed by atoms with Crippen LogP contribution in [-0.2, 0) is 4.79 Å². The molecule has 1 unspecified atom stereocenters. The standard InChI is InChI=1S/C15H20N2O2/c1-5-17-11-9-7-6-8-10(11)13(18)16-12(14(17)19)15(2,3)4/h6-9,12H,5H2,1-4H3,(H,16,18). The van der Waals surface area contributed by atoms with E-state index in [9.17, 15) is 9.59 Å². The van der Waals surface area contributed by atoms with Crippen LogP contribution >= 0.6 is 0 Å². The number of rotatable bonds is 1. The SMILES string of the molecule is CCN1C(=O)C(C(C)(C)C)NC(=O)c2ccccc21. The highest BCUT2D eigenvalue weighted by molar-refractivity contribution is 6.11. The Labute approximate surface area is 113 Å². The molecule has 1 aromatic rings. The van der Waals surface area contributed by atoms with Gasteiger partial charge in [0.2, 0.25) is 5.91 Å². The number of likely N-dealkylation sites (N-methyl/N-ethyl adjacent to an activating group) is 1. The Hall–Kier alpha value is -1.84. The largest absolute Gasteiger partial charge is 0.340 e. The summed E-state index contributed by atoms with van der Waals surface area (Å²) in [5.74, 6) is -0.229. The van der Waals surface area contributed by atoms with E-state index in [4.69, 9.17) is 0 Å². The van der Waals surface area contributed by atoms with E-state index in [1.807, 2.05) is 45.9 Å². The van der Waals surface area contributed by atoms with Crippen molar-refractivity contribution in [3.05, 3.63) is 29.8 Å². The van der Waals surface area contributed by atoms with Gasteiger partial charge in [-0.3, -0.25) is 9.59 Å². The molecule has 4 heteroatoms. The van der Waals surface area contributed by atoms with Crippen molar-refractivity contribution < 1.29 is 9.59 Å². The molecule has 0 aliphatic carbocycles. The quantitative estimate of drug-likeness (QED) is 0.841. The Bertz CT molecular complexity index is 517. The van der Waals surface area contributed by atoms with Crippen LogP contribution in [-0.4, -0.2) is 24.4 Å². The summed E-state index contributed by atoms with van der Waals surface area (Å²) in [7, 11) is 0. The fourth-order valence-electron chi connectivity index (χ4n) is 2.36. The Morgan fingerprint density at radius 1 is 1.21 bits per heavy atom. The molecule has 1 aliphatic heterocycles. The molecular weight excluding hydrogens is 240 g/mol. The summed E-state index contributed by atoms with van der Waals surface area (Å²) < 4.78 is 0. The molecule has 2 amide bonds. The number of anilines is 1. The molecule has 1 atom stereocenters. The van der Waals surface area contributed by atoms with Crippen LogP contribution in [0.1, 0.15) is 38.1 Å². The van der Waals surface area contributed by atoms with Gasteiger partial charge in [-0.05, 0) is 24.5 Å². The normalized spacial score (nSPS) is 19.8. The van der Waals surface area contributed by atoms with Crippen molar-refractivity contribution in [2.24, 2.45) is 5.41 Å². The molecule has 0 aromatic heterocycles. The van der Waals surface area contributed by atoms with Crippen LogP contribution < -0.4 is 10.2 Å². The van der Waals surface area contributed by atoms with Gasteiger partial charge in [0.05, 0.1) is 11.3 Å². The molecule has 0 spiro atoms. The van der Waals surface area contributed by atoms with Crippen molar-refractivity contribution in [2.45, 2.75) is 33.7 Å². The van der Waals surface area contributed by atoms with E-state index in [-0.39, 0.29) is 17.2 Å². The topological polar surface area (TPSA) is 49.4 Å². The van der Waals surface area contributed by atoms with Gasteiger partial charge in [-0.1, -0.05) is 32.9 Å². The third kappa shape index (κ3) is 2.35. The number of nitrogens with one attached hydrogen (secondary N) is 1. The first kappa shape index (κ1) is 13.6. The van der Waals surface area contributed by atoms with Gasteiger partial charge < -0.3 is 10.2 Å². The molecule has 19 heavy (non-hydrogen) atoms. The second-order valence-electron chi connectivity index (χ2n) is 5.87. The minimum Gasteiger partial charge on any atom is -0.340 e. The summed E-state index contributed by atoms with van der Waals surface area (Å²) in [6.07, 6.45) is 0. The Kier molecular flexibility index (Phi) is 3.35. The number of hydrogen-bond donors (Lipinski definition) is 1. The highest BCUT2D eigenvalue weighted by Crippen LogP contribution is 2.29. The predicted molar refractivity (Wildman–Crippen MR) is 75.2 cm³/mol. The molecule has 2 rings (SSSR count). The van der Waals surface area contributed by atoms with Gasteiger partial charge in [0.25, 0.3) is 5.91 Å². The monoisotopic (exact) mass is 260 g/mol. The molecular formula is C15H20N2O2. The summed E-state index contributed by atoms with van der Waals surface area (Å²) >= 11 is 0. The van der Waals surface area contributed by atoms with Crippen LogP contribution in [0.15, 0.2) is 24.3 Å². The van der Waals surface area contributed by atoms with Gasteiger partial charge in [0.15, 0.2) is 0 Å². The van der Waals surface area contributed by atoms with E-state index >= 15 is 0 Å². The molecule has 1 N–H and O–H groups in total. The van der Waals surface area contributed by atoms with E-state index in [2.05, 4.69) is 5.32 Å². The zero-order valence-electron chi connectivity index (χ0n) is 11.9. The zero-order chi connectivity index (χ0) is 14.2. The zero-order valence-corrected chi connectivity index (χ0v) is 11.9. The summed E-state index contributed by atoms with van der Waals surface area (Å²) in [6, 6.07) is 6.73. The molecule has 0 bridgehead atoms. The van der Waals surface area contributed by atoms with Crippen molar-refractivity contribution >= 4 is 17.5 Å². The average molecular weight is 260 g/mol. The predicted octanol–water partition coefficient (Wildman–Crippen LogP) is 2.20. The number of fused-ring (bicyclic) bond motifs is 1. The van der Waals surface area contributed by atoms with E-state index < -0.39 is 6.04 Å². The number of hydrogen-bond acceptors (Lipinski definition) is 2. The van der Waals surface area contributed by atoms with Gasteiger partial charge in [-0.15, -0.1) is 0 Å². The molecule has 4 nitrogen and oxygen atoms in total. The van der Waals surface area contributed by atoms with Crippen LogP contribution in [0.2, 0.25) is 0 Å². The third-order valence-electron chi connectivity index (χ3n) is 3.41. The fraction of sp³-hybridized carbons (Fsp3) is 0.467. The molecule has 102 valence electrons. The molecule has 0 fully saturated rings. The van der Waals surface area contributed by atoms with Crippen molar-refractivity contribution in [3.63, 3.8) is 0 Å². The van der Waals surface area contributed by atoms with E-state index in [1.165, 1.54) is 0 Å². The minimum absolute atomic E-state index is 0.0479. The first-order valence-electron chi connectivity index (χ1n) is 6.57. The van der Waals surface area contributed by atoms with Gasteiger partial charge in [-0.25, -0.2) is 0 Å². The van der Waals surface area contributed by atoms with E-state index in [1.54, 1.807) is 11.0 Å². The van der Waals surface area contributed by atoms with Gasteiger partial charge in [-0.2, -0.15) is 0 Å². The highest BCUT2D eigenvalue weighted by Gasteiger charge is 2.39. The van der Waals surface area contributed by atoms with Gasteiger partial charge in [0, 0.05) is 6.54 Å². The average Bonchev–Trinajstić information content (AvgIpc) is 2.45. The van der Waals surface area contributed by atoms with Crippen molar-refractivity contribution in [1.29, 1.82) is 0 Å². The van der Waals surface area contributed by atoms with Gasteiger partial charge in [0.1, 0.15) is 6.04 Å². The number of carbonyl (C=O) groups excluding carboxylic acids is 2. The lowest BCUT2D eigenvalue weighted by molar-refractivity contribution is -0.122. The van der Waals surface area contributed by atoms with Crippen molar-refractivity contribution in [2.75, 3.05) is 11.4 Å². The lowest BCUT2D eigenvalue weighted by Crippen LogP contribution is -2.52. The number of benzene rings is 1. The van der Waals surface area contributed by atoms with Crippen LogP contribution in [0.3, 0.4) is 0 Å². The Morgan fingerprint density at radius 2 is 1.84 bits per heavy atom. The minimum atomic E-state index is -0.507. The second kappa shape index (κ2) is 4.68. The van der Waals surface area contributed by atoms with Crippen molar-refractivity contribution in [1.82, 2.24) is 5.32 Å². The summed E-state index contributed by atoms with van der Waals surface area (Å²) in [5.41, 5.74) is 0.936. The van der Waals surface area contributed by atoms with E-state index in [0.29, 0.717) is 17.8 Å². The van der Waals surface area contributed by atoms with Crippen LogP contribution in [0, 0.1) is 5.41 Å². The number of carbonyl (C=O) groups is 2. The van der Waals surface area contributed by atoms with Crippen LogP contribution in [0.4, 0.5) is 5.69 Å². The summed E-state index contributed by atoms with van der Waals surface area (Å²) in [6.45, 7) is 8.35. The van der Waals surface area contributed by atoms with Crippen LogP contribution in [0.5, 0.6) is 0 Å². The third-order valence-corrected chi connectivity index (χ3v) is 3.41. The first-order valence-corrected chi connectivity index (χ1v) is 6.57. The Morgan fingerprint density at radius 3 is 2.42 bits per heavy atom. The second-order valence-corrected chi connectivity index (χ2v) is 5.87. The lowest BCUT2D eigenvalue weighted by atomic mass is 9.86. The smallest absolute Gasteiger partial charge is 0.254 e. The summed E-state index contributed by atoms with van der Waals surface area (Å²) in [4.78, 5) is 26.6. The number of nitrogens with zero attached hydrogens (tertiary/aromatic N) is 1. The van der Waals surface area contributed by atoms with Crippen molar-refractivity contribution in [3.8, 4) is 0 Å². The maximum atomic E-state index is 12.6. The molecule has 1 heterocycles. The fourth-order valence-corrected chi connectivity index (χ4v) is 2.36. The molecule has 0 radical (unpaired) electrons. The molecule has 1 aromatic carbocycles. The number of para-hydroxylation sites is 1. The molecule has 1 aliphatic rings. The Balaban J connectivity index is 2.55. The number of amides is 2. The van der Waals surface area contributed by atoms with Crippen LogP contribution in [0.25, 0.3) is 0 Å².